The molecule has 1 aliphatic heterocycles. The van der Waals surface area contributed by atoms with Crippen LogP contribution in [0.15, 0.2) is 63.5 Å². The number of aromatic nitrogens is 2. The molecule has 0 amide bonds. The Bertz CT molecular complexity index is 1260. The fourth-order valence-electron chi connectivity index (χ4n) is 4.01. The number of anilines is 1. The van der Waals surface area contributed by atoms with Crippen molar-refractivity contribution in [2.75, 3.05) is 25.1 Å². The van der Waals surface area contributed by atoms with Gasteiger partial charge in [0.05, 0.1) is 18.5 Å². The van der Waals surface area contributed by atoms with E-state index in [2.05, 4.69) is 42.9 Å². The van der Waals surface area contributed by atoms with Gasteiger partial charge < -0.3 is 9.64 Å². The Kier molecular flexibility index (Phi) is 6.40. The Morgan fingerprint density at radius 3 is 2.36 bits per heavy atom. The average molecular weight is 443 g/mol. The van der Waals surface area contributed by atoms with Crippen LogP contribution in [0.3, 0.4) is 0 Å². The molecule has 170 valence electrons. The van der Waals surface area contributed by atoms with Gasteiger partial charge in [-0.3, -0.25) is 0 Å². The number of amidine groups is 1. The molecule has 0 N–H and O–H groups in total. The number of hydrogen-bond acceptors (Lipinski definition) is 5. The Labute approximate surface area is 195 Å². The summed E-state index contributed by atoms with van der Waals surface area (Å²) in [5, 5.41) is 4.56. The highest BCUT2D eigenvalue weighted by molar-refractivity contribution is 6.53. The van der Waals surface area contributed by atoms with E-state index in [9.17, 15) is 0 Å². The van der Waals surface area contributed by atoms with Crippen molar-refractivity contribution in [2.24, 2.45) is 15.0 Å². The maximum Gasteiger partial charge on any atom is 0.253 e. The second kappa shape index (κ2) is 9.40. The van der Waals surface area contributed by atoms with Crippen LogP contribution in [0.1, 0.15) is 36.4 Å². The first-order valence-electron chi connectivity index (χ1n) is 11.2. The predicted molar refractivity (Wildman–Crippen MR) is 136 cm³/mol. The number of ether oxygens (including phenoxy) is 1. The molecule has 1 aromatic heterocycles. The van der Waals surface area contributed by atoms with E-state index < -0.39 is 0 Å². The van der Waals surface area contributed by atoms with E-state index in [0.29, 0.717) is 17.5 Å². The van der Waals surface area contributed by atoms with Crippen molar-refractivity contribution in [3.63, 3.8) is 0 Å². The van der Waals surface area contributed by atoms with Crippen LogP contribution < -0.4 is 9.64 Å². The Hall–Kier alpha value is -3.74. The summed E-state index contributed by atoms with van der Waals surface area (Å²) >= 11 is 0. The lowest BCUT2D eigenvalue weighted by atomic mass is 10.1. The molecule has 0 saturated heterocycles. The first-order valence-corrected chi connectivity index (χ1v) is 11.2. The van der Waals surface area contributed by atoms with Crippen molar-refractivity contribution in [2.45, 2.75) is 34.6 Å². The molecule has 0 bridgehead atoms. The topological polar surface area (TPSA) is 67.4 Å². The van der Waals surface area contributed by atoms with Gasteiger partial charge in [-0.15, -0.1) is 0 Å². The molecule has 3 aromatic rings. The minimum absolute atomic E-state index is 0.498. The van der Waals surface area contributed by atoms with Crippen molar-refractivity contribution < 1.29 is 4.74 Å². The highest BCUT2D eigenvalue weighted by Crippen LogP contribution is 2.28. The first kappa shape index (κ1) is 22.5. The van der Waals surface area contributed by atoms with E-state index in [1.54, 1.807) is 11.8 Å². The standard InChI is InChI=1S/C26H30N6O/c1-7-31(8-2)20-13-14-22(17(3)15-20)27-25-24(21-11-9-10-12-23(21)33-6)28-26(29-25)32-19(5)16-18(4)30-32/h9-16H,7-8H2,1-6H3. The van der Waals surface area contributed by atoms with Gasteiger partial charge in [0.25, 0.3) is 5.96 Å². The molecule has 4 rings (SSSR count). The lowest BCUT2D eigenvalue weighted by molar-refractivity contribution is 0.414. The molecule has 0 radical (unpaired) electrons. The Balaban J connectivity index is 1.83. The molecular weight excluding hydrogens is 412 g/mol. The van der Waals surface area contributed by atoms with Crippen LogP contribution in [0.5, 0.6) is 5.75 Å². The smallest absolute Gasteiger partial charge is 0.253 e. The summed E-state index contributed by atoms with van der Waals surface area (Å²) in [7, 11) is 1.66. The molecule has 0 saturated carbocycles. The monoisotopic (exact) mass is 442 g/mol. The van der Waals surface area contributed by atoms with E-state index in [-0.39, 0.29) is 0 Å². The van der Waals surface area contributed by atoms with Crippen molar-refractivity contribution in [1.82, 2.24) is 9.78 Å². The van der Waals surface area contributed by atoms with Gasteiger partial charge in [-0.05, 0) is 76.6 Å². The maximum atomic E-state index is 5.60. The number of benzene rings is 2. The highest BCUT2D eigenvalue weighted by atomic mass is 16.5. The number of para-hydroxylation sites is 1. The number of hydrogen-bond donors (Lipinski definition) is 0. The van der Waals surface area contributed by atoms with Gasteiger partial charge >= 0.3 is 0 Å². The van der Waals surface area contributed by atoms with Crippen LogP contribution in [-0.4, -0.2) is 47.5 Å². The Morgan fingerprint density at radius 1 is 0.970 bits per heavy atom. The molecule has 0 fully saturated rings. The molecule has 0 atom stereocenters. The second-order valence-corrected chi connectivity index (χ2v) is 7.99. The highest BCUT2D eigenvalue weighted by Gasteiger charge is 2.25. The summed E-state index contributed by atoms with van der Waals surface area (Å²) < 4.78 is 7.35. The third-order valence-electron chi connectivity index (χ3n) is 5.73. The zero-order valence-corrected chi connectivity index (χ0v) is 20.1. The van der Waals surface area contributed by atoms with Gasteiger partial charge in [-0.2, -0.15) is 10.1 Å². The number of aryl methyl sites for hydroxylation is 3. The molecule has 0 spiro atoms. The molecule has 2 aromatic carbocycles. The van der Waals surface area contributed by atoms with E-state index in [0.717, 1.165) is 47.0 Å². The summed E-state index contributed by atoms with van der Waals surface area (Å²) in [5.41, 5.74) is 6.53. The SMILES string of the molecule is CCN(CC)c1ccc(N=C2N=C(n3nc(C)cc3C)N=C2c2ccccc2OC)c(C)c1. The van der Waals surface area contributed by atoms with Crippen LogP contribution in [0, 0.1) is 20.8 Å². The number of rotatable bonds is 6. The number of nitrogens with zero attached hydrogens (tertiary/aromatic N) is 6. The minimum atomic E-state index is 0.498. The lowest BCUT2D eigenvalue weighted by Gasteiger charge is -2.21. The molecule has 0 aliphatic carbocycles. The largest absolute Gasteiger partial charge is 0.496 e. The van der Waals surface area contributed by atoms with E-state index in [1.165, 1.54) is 5.69 Å². The summed E-state index contributed by atoms with van der Waals surface area (Å²) in [6.07, 6.45) is 0. The van der Waals surface area contributed by atoms with Crippen LogP contribution in [0.2, 0.25) is 0 Å². The third kappa shape index (κ3) is 4.44. The molecule has 1 aliphatic rings. The zero-order valence-electron chi connectivity index (χ0n) is 20.1. The van der Waals surface area contributed by atoms with Crippen molar-refractivity contribution in [1.29, 1.82) is 0 Å². The Morgan fingerprint density at radius 2 is 1.73 bits per heavy atom. The van der Waals surface area contributed by atoms with Crippen LogP contribution in [0.4, 0.5) is 11.4 Å². The van der Waals surface area contributed by atoms with E-state index >= 15 is 0 Å². The van der Waals surface area contributed by atoms with Gasteiger partial charge in [-0.1, -0.05) is 12.1 Å². The van der Waals surface area contributed by atoms with Crippen LogP contribution >= 0.6 is 0 Å². The quantitative estimate of drug-likeness (QED) is 0.533. The molecule has 7 heteroatoms. The van der Waals surface area contributed by atoms with Gasteiger partial charge in [0, 0.05) is 30.0 Å². The van der Waals surface area contributed by atoms with Crippen LogP contribution in [0.25, 0.3) is 0 Å². The molecule has 2 heterocycles. The minimum Gasteiger partial charge on any atom is -0.496 e. The first-order chi connectivity index (χ1) is 15.9. The van der Waals surface area contributed by atoms with Gasteiger partial charge in [-0.25, -0.2) is 14.7 Å². The number of methoxy groups -OCH3 is 1. The fourth-order valence-corrected chi connectivity index (χ4v) is 4.01. The molecule has 33 heavy (non-hydrogen) atoms. The molecular formula is C26H30N6O. The lowest BCUT2D eigenvalue weighted by Crippen LogP contribution is -2.21. The van der Waals surface area contributed by atoms with Gasteiger partial charge in [0.1, 0.15) is 11.5 Å². The second-order valence-electron chi connectivity index (χ2n) is 7.99. The van der Waals surface area contributed by atoms with Gasteiger partial charge in [0.2, 0.25) is 0 Å². The average Bonchev–Trinajstić information content (AvgIpc) is 3.38. The molecule has 0 unspecified atom stereocenters. The fraction of sp³-hybridized carbons (Fsp3) is 0.308. The molecule has 7 nitrogen and oxygen atoms in total. The third-order valence-corrected chi connectivity index (χ3v) is 5.73. The van der Waals surface area contributed by atoms with Gasteiger partial charge in [0.15, 0.2) is 5.84 Å². The van der Waals surface area contributed by atoms with E-state index in [4.69, 9.17) is 19.7 Å². The van der Waals surface area contributed by atoms with Crippen molar-refractivity contribution in [3.8, 4) is 5.75 Å². The van der Waals surface area contributed by atoms with Crippen molar-refractivity contribution in [3.05, 3.63) is 71.0 Å². The van der Waals surface area contributed by atoms with E-state index in [1.807, 2.05) is 50.2 Å². The van der Waals surface area contributed by atoms with Crippen molar-refractivity contribution >= 4 is 28.9 Å². The predicted octanol–water partition coefficient (Wildman–Crippen LogP) is 5.10. The normalized spacial score (nSPS) is 14.4. The van der Waals surface area contributed by atoms with Crippen LogP contribution in [-0.2, 0) is 0 Å². The zero-order chi connectivity index (χ0) is 23.5. The number of aliphatic imine (C=N–C) groups is 3. The maximum absolute atomic E-state index is 5.60. The summed E-state index contributed by atoms with van der Waals surface area (Å²) in [4.78, 5) is 16.9. The summed E-state index contributed by atoms with van der Waals surface area (Å²) in [5.74, 6) is 1.76. The summed E-state index contributed by atoms with van der Waals surface area (Å²) in [6, 6.07) is 16.1. The summed E-state index contributed by atoms with van der Waals surface area (Å²) in [6.45, 7) is 12.3.